The molecule has 0 bridgehead atoms. The zero-order valence-corrected chi connectivity index (χ0v) is 13.4. The highest BCUT2D eigenvalue weighted by atomic mass is 32.1. The molecule has 104 valence electrons. The van der Waals surface area contributed by atoms with Crippen molar-refractivity contribution in [2.24, 2.45) is 0 Å². The molecular weight excluding hydrogens is 276 g/mol. The van der Waals surface area contributed by atoms with E-state index in [9.17, 15) is 0 Å². The van der Waals surface area contributed by atoms with Crippen LogP contribution in [-0.2, 0) is 13.0 Å². The van der Waals surface area contributed by atoms with Crippen molar-refractivity contribution >= 4 is 27.8 Å². The second-order valence-electron chi connectivity index (χ2n) is 4.67. The molecule has 2 N–H and O–H groups in total. The molecule has 4 nitrogen and oxygen atoms in total. The first-order chi connectivity index (χ1) is 9.01. The van der Waals surface area contributed by atoms with Crippen LogP contribution in [0.2, 0.25) is 0 Å². The van der Waals surface area contributed by atoms with Crippen LogP contribution < -0.4 is 5.73 Å². The van der Waals surface area contributed by atoms with Crippen LogP contribution in [0.3, 0.4) is 0 Å². The van der Waals surface area contributed by atoms with Crippen LogP contribution in [0, 0.1) is 6.92 Å². The molecule has 1 unspecified atom stereocenters. The lowest BCUT2D eigenvalue weighted by molar-refractivity contribution is 0.257. The second kappa shape index (κ2) is 5.98. The zero-order valence-electron chi connectivity index (χ0n) is 11.8. The summed E-state index contributed by atoms with van der Waals surface area (Å²) in [5.74, 6) is 0. The molecule has 2 heterocycles. The Hall–Kier alpha value is -0.980. The number of thiazole rings is 2. The molecule has 0 saturated heterocycles. The summed E-state index contributed by atoms with van der Waals surface area (Å²) in [5, 5.41) is 1.85. The number of nitrogens with two attached hydrogens (primary N) is 1. The van der Waals surface area contributed by atoms with Gasteiger partial charge in [0.1, 0.15) is 0 Å². The van der Waals surface area contributed by atoms with E-state index < -0.39 is 0 Å². The third kappa shape index (κ3) is 3.32. The summed E-state index contributed by atoms with van der Waals surface area (Å²) in [6.07, 6.45) is 2.87. The van der Waals surface area contributed by atoms with Crippen molar-refractivity contribution < 1.29 is 0 Å². The van der Waals surface area contributed by atoms with Crippen molar-refractivity contribution in [2.45, 2.75) is 39.8 Å². The van der Waals surface area contributed by atoms with Crippen LogP contribution in [-0.4, -0.2) is 21.9 Å². The van der Waals surface area contributed by atoms with E-state index in [2.05, 4.69) is 42.7 Å². The maximum atomic E-state index is 5.67. The van der Waals surface area contributed by atoms with Gasteiger partial charge >= 0.3 is 0 Å². The smallest absolute Gasteiger partial charge is 0.180 e. The lowest BCUT2D eigenvalue weighted by Crippen LogP contribution is -2.21. The summed E-state index contributed by atoms with van der Waals surface area (Å²) in [6.45, 7) is 7.34. The van der Waals surface area contributed by atoms with Gasteiger partial charge in [0.15, 0.2) is 5.13 Å². The molecule has 0 radical (unpaired) electrons. The highest BCUT2D eigenvalue weighted by Gasteiger charge is 2.18. The minimum atomic E-state index is 0.362. The van der Waals surface area contributed by atoms with Crippen molar-refractivity contribution in [3.8, 4) is 0 Å². The number of hydrogen-bond donors (Lipinski definition) is 1. The van der Waals surface area contributed by atoms with Crippen LogP contribution in [0.5, 0.6) is 0 Å². The number of anilines is 1. The molecule has 0 aliphatic rings. The van der Waals surface area contributed by atoms with E-state index in [4.69, 9.17) is 5.73 Å². The molecule has 1 atom stereocenters. The first-order valence-corrected chi connectivity index (χ1v) is 8.01. The quantitative estimate of drug-likeness (QED) is 0.920. The van der Waals surface area contributed by atoms with Crippen LogP contribution in [0.4, 0.5) is 5.13 Å². The Morgan fingerprint density at radius 1 is 1.42 bits per heavy atom. The third-order valence-electron chi connectivity index (χ3n) is 3.20. The Balaban J connectivity index is 2.09. The number of rotatable bonds is 5. The van der Waals surface area contributed by atoms with E-state index in [1.807, 2.05) is 17.5 Å². The Morgan fingerprint density at radius 3 is 2.68 bits per heavy atom. The SMILES string of the molecule is CCc1nc(C)c(C(C)N(C)Cc2cnc(N)s2)s1. The summed E-state index contributed by atoms with van der Waals surface area (Å²) in [4.78, 5) is 13.6. The predicted molar refractivity (Wildman–Crippen MR) is 82.6 cm³/mol. The van der Waals surface area contributed by atoms with Gasteiger partial charge in [-0.3, -0.25) is 4.90 Å². The summed E-state index contributed by atoms with van der Waals surface area (Å²) < 4.78 is 0. The van der Waals surface area contributed by atoms with E-state index in [-0.39, 0.29) is 0 Å². The molecule has 0 fully saturated rings. The molecule has 0 aliphatic carbocycles. The van der Waals surface area contributed by atoms with Crippen LogP contribution in [0.25, 0.3) is 0 Å². The highest BCUT2D eigenvalue weighted by molar-refractivity contribution is 7.15. The maximum absolute atomic E-state index is 5.67. The number of nitrogens with zero attached hydrogens (tertiary/aromatic N) is 3. The van der Waals surface area contributed by atoms with Crippen molar-refractivity contribution in [1.29, 1.82) is 0 Å². The number of hydrogen-bond acceptors (Lipinski definition) is 6. The van der Waals surface area contributed by atoms with Gasteiger partial charge in [0, 0.05) is 28.5 Å². The van der Waals surface area contributed by atoms with Crippen LogP contribution in [0.1, 0.15) is 40.3 Å². The van der Waals surface area contributed by atoms with Gasteiger partial charge in [-0.2, -0.15) is 0 Å². The lowest BCUT2D eigenvalue weighted by atomic mass is 10.2. The maximum Gasteiger partial charge on any atom is 0.180 e. The molecule has 2 aromatic rings. The molecule has 19 heavy (non-hydrogen) atoms. The highest BCUT2D eigenvalue weighted by Crippen LogP contribution is 2.30. The van der Waals surface area contributed by atoms with Crippen LogP contribution in [0.15, 0.2) is 6.20 Å². The van der Waals surface area contributed by atoms with Gasteiger partial charge in [-0.25, -0.2) is 9.97 Å². The van der Waals surface area contributed by atoms with E-state index in [1.165, 1.54) is 14.8 Å². The third-order valence-corrected chi connectivity index (χ3v) is 5.48. The molecular formula is C13H20N4S2. The standard InChI is InChI=1S/C13H20N4S2/c1-5-11-16-8(2)12(19-11)9(3)17(4)7-10-6-15-13(14)18-10/h6,9H,5,7H2,1-4H3,(H2,14,15). The fourth-order valence-electron chi connectivity index (χ4n) is 1.98. The molecule has 0 aromatic carbocycles. The average molecular weight is 296 g/mol. The van der Waals surface area contributed by atoms with E-state index in [0.29, 0.717) is 11.2 Å². The van der Waals surface area contributed by atoms with Gasteiger partial charge in [0.2, 0.25) is 0 Å². The van der Waals surface area contributed by atoms with Crippen molar-refractivity contribution in [1.82, 2.24) is 14.9 Å². The summed E-state index contributed by atoms with van der Waals surface area (Å²) in [7, 11) is 2.13. The summed E-state index contributed by atoms with van der Waals surface area (Å²) >= 11 is 3.38. The summed E-state index contributed by atoms with van der Waals surface area (Å²) in [6, 6.07) is 0.362. The minimum Gasteiger partial charge on any atom is -0.375 e. The largest absolute Gasteiger partial charge is 0.375 e. The molecule has 0 spiro atoms. The van der Waals surface area contributed by atoms with E-state index in [1.54, 1.807) is 11.3 Å². The fraction of sp³-hybridized carbons (Fsp3) is 0.538. The van der Waals surface area contributed by atoms with Crippen molar-refractivity contribution in [3.63, 3.8) is 0 Å². The molecule has 0 aliphatic heterocycles. The second-order valence-corrected chi connectivity index (χ2v) is 6.93. The first-order valence-electron chi connectivity index (χ1n) is 6.37. The van der Waals surface area contributed by atoms with E-state index >= 15 is 0 Å². The minimum absolute atomic E-state index is 0.362. The molecule has 0 saturated carbocycles. The number of aromatic nitrogens is 2. The normalized spacial score (nSPS) is 13.1. The molecule has 2 aromatic heterocycles. The number of aryl methyl sites for hydroxylation is 2. The van der Waals surface area contributed by atoms with E-state index in [0.717, 1.165) is 18.7 Å². The van der Waals surface area contributed by atoms with Gasteiger partial charge in [-0.05, 0) is 27.3 Å². The van der Waals surface area contributed by atoms with Crippen molar-refractivity contribution in [3.05, 3.63) is 26.7 Å². The predicted octanol–water partition coefficient (Wildman–Crippen LogP) is 3.25. The Labute approximate surface area is 122 Å². The number of nitrogen functional groups attached to an aromatic ring is 1. The summed E-state index contributed by atoms with van der Waals surface area (Å²) in [5.41, 5.74) is 6.83. The Bertz CT molecular complexity index is 547. The van der Waals surface area contributed by atoms with Crippen LogP contribution >= 0.6 is 22.7 Å². The first kappa shape index (κ1) is 14.4. The van der Waals surface area contributed by atoms with Gasteiger partial charge in [0.25, 0.3) is 0 Å². The van der Waals surface area contributed by atoms with Gasteiger partial charge in [0.05, 0.1) is 10.7 Å². The fourth-order valence-corrected chi connectivity index (χ4v) is 3.86. The van der Waals surface area contributed by atoms with Crippen molar-refractivity contribution in [2.75, 3.05) is 12.8 Å². The Morgan fingerprint density at radius 2 is 2.16 bits per heavy atom. The topological polar surface area (TPSA) is 55.0 Å². The average Bonchev–Trinajstić information content (AvgIpc) is 2.94. The van der Waals surface area contributed by atoms with Gasteiger partial charge in [-0.1, -0.05) is 6.92 Å². The molecule has 6 heteroatoms. The Kier molecular flexibility index (Phi) is 4.54. The lowest BCUT2D eigenvalue weighted by Gasteiger charge is -2.23. The monoisotopic (exact) mass is 296 g/mol. The molecule has 0 amide bonds. The van der Waals surface area contributed by atoms with Gasteiger partial charge < -0.3 is 5.73 Å². The molecule has 2 rings (SSSR count). The van der Waals surface area contributed by atoms with Gasteiger partial charge in [-0.15, -0.1) is 22.7 Å². The zero-order chi connectivity index (χ0) is 14.0.